The molecule has 1 heterocycles. The Bertz CT molecular complexity index is 423. The standard InChI is InChI=1S/C7H11ClN4O2S/c8-6-4-7(12-5-11-6)10-2-1-3-15(9,13)14/h4-5H,1-3H2,(H2,9,13,14)(H,10,11,12). The second kappa shape index (κ2) is 5.24. The molecule has 6 nitrogen and oxygen atoms in total. The molecule has 1 aromatic heterocycles. The third kappa shape index (κ3) is 5.50. The van der Waals surface area contributed by atoms with E-state index in [4.69, 9.17) is 16.7 Å². The van der Waals surface area contributed by atoms with Gasteiger partial charge in [0, 0.05) is 12.6 Å². The second-order valence-corrected chi connectivity index (χ2v) is 4.99. The number of nitrogens with zero attached hydrogens (tertiary/aromatic N) is 2. The van der Waals surface area contributed by atoms with Gasteiger partial charge in [-0.3, -0.25) is 0 Å². The summed E-state index contributed by atoms with van der Waals surface area (Å²) in [6.07, 6.45) is 1.74. The van der Waals surface area contributed by atoms with Gasteiger partial charge in [0.25, 0.3) is 0 Å². The molecule has 0 aliphatic carbocycles. The lowest BCUT2D eigenvalue weighted by atomic mass is 10.4. The van der Waals surface area contributed by atoms with Crippen molar-refractivity contribution < 1.29 is 8.42 Å². The molecular weight excluding hydrogens is 240 g/mol. The molecule has 0 spiro atoms. The number of nitrogens with one attached hydrogen (secondary N) is 1. The fourth-order valence-corrected chi connectivity index (χ4v) is 1.61. The summed E-state index contributed by atoms with van der Waals surface area (Å²) in [6, 6.07) is 1.55. The quantitative estimate of drug-likeness (QED) is 0.575. The lowest BCUT2D eigenvalue weighted by Crippen LogP contribution is -2.18. The van der Waals surface area contributed by atoms with Gasteiger partial charge in [0.05, 0.1) is 5.75 Å². The van der Waals surface area contributed by atoms with Crippen LogP contribution < -0.4 is 10.5 Å². The maximum Gasteiger partial charge on any atom is 0.209 e. The molecule has 0 aromatic carbocycles. The molecular formula is C7H11ClN4O2S. The highest BCUT2D eigenvalue weighted by Gasteiger charge is 2.01. The van der Waals surface area contributed by atoms with E-state index in [1.807, 2.05) is 0 Å². The zero-order chi connectivity index (χ0) is 11.3. The van der Waals surface area contributed by atoms with Gasteiger partial charge < -0.3 is 5.32 Å². The van der Waals surface area contributed by atoms with E-state index in [0.717, 1.165) is 0 Å². The summed E-state index contributed by atoms with van der Waals surface area (Å²) in [5.74, 6) is 0.503. The first-order valence-corrected chi connectivity index (χ1v) is 6.28. The molecule has 0 atom stereocenters. The summed E-state index contributed by atoms with van der Waals surface area (Å²) >= 11 is 5.62. The van der Waals surface area contributed by atoms with Gasteiger partial charge in [-0.25, -0.2) is 23.5 Å². The zero-order valence-corrected chi connectivity index (χ0v) is 9.42. The molecule has 15 heavy (non-hydrogen) atoms. The van der Waals surface area contributed by atoms with Gasteiger partial charge in [0.15, 0.2) is 0 Å². The Kier molecular flexibility index (Phi) is 4.25. The van der Waals surface area contributed by atoms with E-state index in [9.17, 15) is 8.42 Å². The van der Waals surface area contributed by atoms with Crippen molar-refractivity contribution >= 4 is 27.4 Å². The first-order valence-electron chi connectivity index (χ1n) is 4.19. The molecule has 3 N–H and O–H groups in total. The van der Waals surface area contributed by atoms with Crippen LogP contribution in [-0.2, 0) is 10.0 Å². The minimum absolute atomic E-state index is 0.0567. The summed E-state index contributed by atoms with van der Waals surface area (Å²) in [5, 5.41) is 8.07. The van der Waals surface area contributed by atoms with Crippen molar-refractivity contribution in [3.63, 3.8) is 0 Å². The van der Waals surface area contributed by atoms with E-state index in [0.29, 0.717) is 23.9 Å². The minimum Gasteiger partial charge on any atom is -0.370 e. The smallest absolute Gasteiger partial charge is 0.209 e. The maximum absolute atomic E-state index is 10.6. The van der Waals surface area contributed by atoms with Gasteiger partial charge in [0.1, 0.15) is 17.3 Å². The second-order valence-electron chi connectivity index (χ2n) is 2.87. The van der Waals surface area contributed by atoms with Crippen molar-refractivity contribution in [1.82, 2.24) is 9.97 Å². The topological polar surface area (TPSA) is 98.0 Å². The molecule has 1 aromatic rings. The van der Waals surface area contributed by atoms with E-state index >= 15 is 0 Å². The van der Waals surface area contributed by atoms with Crippen LogP contribution in [0.2, 0.25) is 5.15 Å². The Balaban J connectivity index is 2.32. The van der Waals surface area contributed by atoms with Crippen molar-refractivity contribution in [3.8, 4) is 0 Å². The lowest BCUT2D eigenvalue weighted by molar-refractivity contribution is 0.595. The number of aromatic nitrogens is 2. The van der Waals surface area contributed by atoms with Crippen LogP contribution in [0, 0.1) is 0 Å². The minimum atomic E-state index is -3.39. The van der Waals surface area contributed by atoms with Gasteiger partial charge in [-0.15, -0.1) is 0 Å². The largest absolute Gasteiger partial charge is 0.370 e. The Morgan fingerprint density at radius 3 is 2.80 bits per heavy atom. The highest BCUT2D eigenvalue weighted by molar-refractivity contribution is 7.89. The van der Waals surface area contributed by atoms with Crippen LogP contribution in [0.4, 0.5) is 5.82 Å². The van der Waals surface area contributed by atoms with Crippen molar-refractivity contribution in [2.45, 2.75) is 6.42 Å². The molecule has 0 amide bonds. The lowest BCUT2D eigenvalue weighted by Gasteiger charge is -2.04. The average Bonchev–Trinajstić information content (AvgIpc) is 2.11. The van der Waals surface area contributed by atoms with E-state index in [2.05, 4.69) is 15.3 Å². The van der Waals surface area contributed by atoms with Crippen molar-refractivity contribution in [2.24, 2.45) is 5.14 Å². The van der Waals surface area contributed by atoms with Crippen LogP contribution in [0.15, 0.2) is 12.4 Å². The maximum atomic E-state index is 10.6. The first-order chi connectivity index (χ1) is 6.97. The Morgan fingerprint density at radius 2 is 2.20 bits per heavy atom. The van der Waals surface area contributed by atoms with Crippen molar-refractivity contribution in [3.05, 3.63) is 17.5 Å². The van der Waals surface area contributed by atoms with Gasteiger partial charge >= 0.3 is 0 Å². The number of sulfonamides is 1. The predicted octanol–water partition coefficient (Wildman–Crippen LogP) is 0.220. The molecule has 0 saturated heterocycles. The summed E-state index contributed by atoms with van der Waals surface area (Å²) < 4.78 is 21.2. The average molecular weight is 251 g/mol. The molecule has 0 aliphatic heterocycles. The number of nitrogens with two attached hydrogens (primary N) is 1. The van der Waals surface area contributed by atoms with Crippen LogP contribution in [0.25, 0.3) is 0 Å². The number of hydrogen-bond acceptors (Lipinski definition) is 5. The molecule has 8 heteroatoms. The SMILES string of the molecule is NS(=O)(=O)CCCNc1cc(Cl)ncn1. The number of anilines is 1. The number of hydrogen-bond donors (Lipinski definition) is 2. The normalized spacial score (nSPS) is 11.3. The van der Waals surface area contributed by atoms with E-state index in [-0.39, 0.29) is 5.75 Å². The van der Waals surface area contributed by atoms with Crippen LogP contribution in [0.3, 0.4) is 0 Å². The fourth-order valence-electron chi connectivity index (χ4n) is 0.920. The summed E-state index contributed by atoms with van der Waals surface area (Å²) in [6.45, 7) is 0.462. The van der Waals surface area contributed by atoms with Gasteiger partial charge in [-0.2, -0.15) is 0 Å². The Labute approximate surface area is 92.9 Å². The van der Waals surface area contributed by atoms with E-state index < -0.39 is 10.0 Å². The molecule has 1 rings (SSSR count). The van der Waals surface area contributed by atoms with Crippen molar-refractivity contribution in [2.75, 3.05) is 17.6 Å². The number of halogens is 1. The molecule has 0 bridgehead atoms. The molecule has 84 valence electrons. The number of primary sulfonamides is 1. The van der Waals surface area contributed by atoms with Crippen LogP contribution >= 0.6 is 11.6 Å². The molecule has 0 aliphatic rings. The molecule has 0 saturated carbocycles. The molecule has 0 unspecified atom stereocenters. The van der Waals surface area contributed by atoms with Crippen LogP contribution in [0.1, 0.15) is 6.42 Å². The summed E-state index contributed by atoms with van der Waals surface area (Å²) in [4.78, 5) is 7.59. The third-order valence-corrected chi connectivity index (χ3v) is 2.61. The Hall–Kier alpha value is -0.920. The molecule has 0 radical (unpaired) electrons. The fraction of sp³-hybridized carbons (Fsp3) is 0.429. The summed E-state index contributed by atoms with van der Waals surface area (Å²) in [7, 11) is -3.39. The van der Waals surface area contributed by atoms with Gasteiger partial charge in [0.2, 0.25) is 10.0 Å². The third-order valence-electron chi connectivity index (χ3n) is 1.55. The van der Waals surface area contributed by atoms with E-state index in [1.165, 1.54) is 6.33 Å². The number of rotatable bonds is 5. The van der Waals surface area contributed by atoms with Crippen LogP contribution in [-0.4, -0.2) is 30.7 Å². The monoisotopic (exact) mass is 250 g/mol. The Morgan fingerprint density at radius 1 is 1.47 bits per heavy atom. The van der Waals surface area contributed by atoms with Gasteiger partial charge in [-0.05, 0) is 6.42 Å². The predicted molar refractivity (Wildman–Crippen MR) is 58.1 cm³/mol. The van der Waals surface area contributed by atoms with E-state index in [1.54, 1.807) is 6.07 Å². The highest BCUT2D eigenvalue weighted by atomic mass is 35.5. The first kappa shape index (κ1) is 12.2. The van der Waals surface area contributed by atoms with Crippen molar-refractivity contribution in [1.29, 1.82) is 0 Å². The van der Waals surface area contributed by atoms with Gasteiger partial charge in [-0.1, -0.05) is 11.6 Å². The zero-order valence-electron chi connectivity index (χ0n) is 7.85. The van der Waals surface area contributed by atoms with Crippen LogP contribution in [0.5, 0.6) is 0 Å². The molecule has 0 fully saturated rings. The highest BCUT2D eigenvalue weighted by Crippen LogP contribution is 2.08. The summed E-state index contributed by atoms with van der Waals surface area (Å²) in [5.41, 5.74) is 0.